The van der Waals surface area contributed by atoms with Gasteiger partial charge in [-0.15, -0.1) is 11.3 Å². The van der Waals surface area contributed by atoms with Crippen molar-refractivity contribution in [2.75, 3.05) is 19.6 Å². The SMILES string of the molecule is [2H]c1c([2H])c([2H])c(C(=C2CCN(CCc3c(C)nc4sccn4c3=O)CC2)c2ccc(F)cc2)c([2H])c1[2H]. The van der Waals surface area contributed by atoms with Gasteiger partial charge < -0.3 is 4.90 Å². The molecule has 0 atom stereocenters. The van der Waals surface area contributed by atoms with Crippen LogP contribution in [0.1, 0.15) is 42.1 Å². The van der Waals surface area contributed by atoms with Crippen molar-refractivity contribution in [1.29, 1.82) is 0 Å². The molecule has 1 aliphatic heterocycles. The lowest BCUT2D eigenvalue weighted by atomic mass is 9.88. The molecule has 0 unspecified atom stereocenters. The van der Waals surface area contributed by atoms with Gasteiger partial charge >= 0.3 is 0 Å². The van der Waals surface area contributed by atoms with E-state index in [0.717, 1.165) is 11.3 Å². The number of nitrogens with zero attached hydrogens (tertiary/aromatic N) is 3. The van der Waals surface area contributed by atoms with Crippen molar-refractivity contribution in [3.63, 3.8) is 0 Å². The Morgan fingerprint density at radius 1 is 1.12 bits per heavy atom. The van der Waals surface area contributed by atoms with Gasteiger partial charge in [0, 0.05) is 42.5 Å². The number of thiazole rings is 1. The lowest BCUT2D eigenvalue weighted by Crippen LogP contribution is -2.34. The summed E-state index contributed by atoms with van der Waals surface area (Å²) in [5, 5.41) is 1.85. The topological polar surface area (TPSA) is 37.6 Å². The minimum atomic E-state index is -0.441. The van der Waals surface area contributed by atoms with E-state index in [2.05, 4.69) is 9.88 Å². The molecule has 1 saturated heterocycles. The molecule has 0 saturated carbocycles. The molecule has 0 radical (unpaired) electrons. The molecule has 0 aliphatic carbocycles. The van der Waals surface area contributed by atoms with Crippen molar-refractivity contribution < 1.29 is 11.2 Å². The van der Waals surface area contributed by atoms with Crippen LogP contribution in [-0.4, -0.2) is 33.9 Å². The highest BCUT2D eigenvalue weighted by atomic mass is 32.1. The summed E-state index contributed by atoms with van der Waals surface area (Å²) in [5.74, 6) is -0.407. The molecule has 1 aliphatic rings. The van der Waals surface area contributed by atoms with Crippen LogP contribution in [0, 0.1) is 12.7 Å². The van der Waals surface area contributed by atoms with E-state index in [4.69, 9.17) is 6.85 Å². The maximum Gasteiger partial charge on any atom is 0.261 e. The minimum absolute atomic E-state index is 0.0360. The molecule has 0 N–H and O–H groups in total. The first-order chi connectivity index (χ1) is 18.2. The summed E-state index contributed by atoms with van der Waals surface area (Å²) in [4.78, 5) is 20.4. The first-order valence-electron chi connectivity index (χ1n) is 13.4. The van der Waals surface area contributed by atoms with Gasteiger partial charge in [0.15, 0.2) is 4.96 Å². The molecule has 0 bridgehead atoms. The summed E-state index contributed by atoms with van der Waals surface area (Å²) in [7, 11) is 0. The van der Waals surface area contributed by atoms with Gasteiger partial charge in [0.1, 0.15) is 5.82 Å². The van der Waals surface area contributed by atoms with Crippen LogP contribution in [0.15, 0.2) is 76.4 Å². The number of benzene rings is 2. The quantitative estimate of drug-likeness (QED) is 0.400. The summed E-state index contributed by atoms with van der Waals surface area (Å²) in [6.45, 7) is 3.92. The van der Waals surface area contributed by atoms with Crippen LogP contribution in [-0.2, 0) is 6.42 Å². The second kappa shape index (κ2) is 9.41. The first kappa shape index (κ1) is 16.5. The molecule has 2 aromatic carbocycles. The Labute approximate surface area is 203 Å². The molecular weight excluding hydrogens is 433 g/mol. The number of hydrogen-bond donors (Lipinski definition) is 0. The van der Waals surface area contributed by atoms with Crippen LogP contribution >= 0.6 is 11.3 Å². The minimum Gasteiger partial charge on any atom is -0.302 e. The number of piperidine rings is 1. The van der Waals surface area contributed by atoms with Crippen LogP contribution in [0.3, 0.4) is 0 Å². The van der Waals surface area contributed by atoms with Crippen molar-refractivity contribution in [3.8, 4) is 0 Å². The Morgan fingerprint density at radius 3 is 2.58 bits per heavy atom. The molecule has 3 heterocycles. The predicted molar refractivity (Wildman–Crippen MR) is 132 cm³/mol. The van der Waals surface area contributed by atoms with E-state index in [0.29, 0.717) is 60.6 Å². The summed E-state index contributed by atoms with van der Waals surface area (Å²) in [6.07, 6.45) is 3.55. The highest BCUT2D eigenvalue weighted by molar-refractivity contribution is 7.15. The molecule has 33 heavy (non-hydrogen) atoms. The van der Waals surface area contributed by atoms with Crippen molar-refractivity contribution in [2.45, 2.75) is 26.2 Å². The molecule has 6 heteroatoms. The van der Waals surface area contributed by atoms with Crippen molar-refractivity contribution in [3.05, 3.63) is 110 Å². The molecule has 1 fully saturated rings. The summed E-state index contributed by atoms with van der Waals surface area (Å²) in [6, 6.07) is 4.06. The monoisotopic (exact) mass is 464 g/mol. The zero-order valence-corrected chi connectivity index (χ0v) is 19.1. The van der Waals surface area contributed by atoms with E-state index in [9.17, 15) is 9.18 Å². The van der Waals surface area contributed by atoms with Crippen LogP contribution in [0.25, 0.3) is 10.5 Å². The zero-order valence-electron chi connectivity index (χ0n) is 23.2. The van der Waals surface area contributed by atoms with E-state index < -0.39 is 23.9 Å². The number of likely N-dealkylation sites (tertiary alicyclic amines) is 1. The number of hydrogen-bond acceptors (Lipinski definition) is 4. The smallest absolute Gasteiger partial charge is 0.261 e. The Bertz CT molecular complexity index is 1590. The second-order valence-electron chi connectivity index (χ2n) is 8.11. The molecule has 168 valence electrons. The van der Waals surface area contributed by atoms with Crippen LogP contribution in [0.4, 0.5) is 4.39 Å². The third-order valence-electron chi connectivity index (χ3n) is 6.14. The lowest BCUT2D eigenvalue weighted by molar-refractivity contribution is 0.259. The highest BCUT2D eigenvalue weighted by Crippen LogP contribution is 2.32. The maximum absolute atomic E-state index is 13.7. The van der Waals surface area contributed by atoms with Gasteiger partial charge in [-0.05, 0) is 55.0 Å². The number of rotatable bonds is 5. The van der Waals surface area contributed by atoms with E-state index in [1.54, 1.807) is 22.7 Å². The van der Waals surface area contributed by atoms with Crippen LogP contribution in [0.5, 0.6) is 0 Å². The third kappa shape index (κ3) is 4.54. The normalized spacial score (nSPS) is 16.8. The maximum atomic E-state index is 13.7. The highest BCUT2D eigenvalue weighted by Gasteiger charge is 2.20. The Balaban J connectivity index is 1.44. The van der Waals surface area contributed by atoms with Crippen molar-refractivity contribution in [2.24, 2.45) is 0 Å². The van der Waals surface area contributed by atoms with Gasteiger partial charge in [0.2, 0.25) is 0 Å². The van der Waals surface area contributed by atoms with E-state index in [1.807, 2.05) is 12.3 Å². The number of halogens is 1. The number of fused-ring (bicyclic) bond motifs is 1. The molecule has 5 rings (SSSR count). The second-order valence-corrected chi connectivity index (χ2v) is 8.99. The number of aryl methyl sites for hydroxylation is 1. The van der Waals surface area contributed by atoms with Gasteiger partial charge in [-0.1, -0.05) is 47.9 Å². The molecule has 4 aromatic rings. The fourth-order valence-electron chi connectivity index (χ4n) is 4.39. The summed E-state index contributed by atoms with van der Waals surface area (Å²) in [5.41, 5.74) is 3.71. The summed E-state index contributed by atoms with van der Waals surface area (Å²) >= 11 is 1.43. The van der Waals surface area contributed by atoms with Crippen LogP contribution < -0.4 is 5.56 Å². The molecular formula is C27H26FN3OS. The Hall–Kier alpha value is -3.09. The van der Waals surface area contributed by atoms with Gasteiger partial charge in [0.05, 0.1) is 6.85 Å². The molecule has 0 spiro atoms. The van der Waals surface area contributed by atoms with E-state index in [1.165, 1.54) is 23.5 Å². The van der Waals surface area contributed by atoms with Gasteiger partial charge in [-0.3, -0.25) is 9.20 Å². The van der Waals surface area contributed by atoms with Gasteiger partial charge in [-0.2, -0.15) is 0 Å². The van der Waals surface area contributed by atoms with Gasteiger partial charge in [-0.25, -0.2) is 9.37 Å². The Kier molecular flexibility index (Phi) is 4.71. The number of aromatic nitrogens is 2. The predicted octanol–water partition coefficient (Wildman–Crippen LogP) is 5.34. The standard InChI is InChI=1S/C27H26FN3OS/c1-19-24(26(32)31-17-18-33-27(31)29-19)13-16-30-14-11-22(12-15-30)25(20-5-3-2-4-6-20)21-7-9-23(28)10-8-21/h2-10,17-18H,11-16H2,1H3/i2D,3D,4D,5D,6D. The molecule has 4 nitrogen and oxygen atoms in total. The fourth-order valence-corrected chi connectivity index (χ4v) is 5.14. The van der Waals surface area contributed by atoms with E-state index >= 15 is 0 Å². The zero-order chi connectivity index (χ0) is 27.1. The third-order valence-corrected chi connectivity index (χ3v) is 6.90. The largest absolute Gasteiger partial charge is 0.302 e. The average molecular weight is 465 g/mol. The Morgan fingerprint density at radius 2 is 1.85 bits per heavy atom. The fraction of sp³-hybridized carbons (Fsp3) is 0.259. The van der Waals surface area contributed by atoms with E-state index in [-0.39, 0.29) is 23.2 Å². The first-order valence-corrected chi connectivity index (χ1v) is 11.8. The molecule has 2 aromatic heterocycles. The average Bonchev–Trinajstić information content (AvgIpc) is 3.38. The summed E-state index contributed by atoms with van der Waals surface area (Å²) < 4.78 is 56.6. The van der Waals surface area contributed by atoms with Crippen molar-refractivity contribution >= 4 is 21.9 Å². The van der Waals surface area contributed by atoms with Crippen LogP contribution in [0.2, 0.25) is 0 Å². The molecule has 0 amide bonds. The van der Waals surface area contributed by atoms with Gasteiger partial charge in [0.25, 0.3) is 5.56 Å². The lowest BCUT2D eigenvalue weighted by Gasteiger charge is -2.30. The van der Waals surface area contributed by atoms with Crippen molar-refractivity contribution in [1.82, 2.24) is 14.3 Å².